The third kappa shape index (κ3) is 7.42. The number of aryl methyl sites for hydroxylation is 2. The Morgan fingerprint density at radius 3 is 2.54 bits per heavy atom. The van der Waals surface area contributed by atoms with E-state index in [0.29, 0.717) is 34.3 Å². The summed E-state index contributed by atoms with van der Waals surface area (Å²) >= 11 is 0.883. The minimum absolute atomic E-state index is 0.150. The minimum atomic E-state index is -0.371. The second-order valence-corrected chi connectivity index (χ2v) is 9.78. The van der Waals surface area contributed by atoms with E-state index >= 15 is 0 Å². The molecule has 1 N–H and O–H groups in total. The average molecular weight is 547 g/mol. The molecule has 3 aromatic rings. The quantitative estimate of drug-likeness (QED) is 0.302. The van der Waals surface area contributed by atoms with Crippen LogP contribution in [0, 0.1) is 13.8 Å². The second kappa shape index (κ2) is 13.0. The summed E-state index contributed by atoms with van der Waals surface area (Å²) in [6.07, 6.45) is 1.64. The molecule has 0 bridgehead atoms. The van der Waals surface area contributed by atoms with Crippen LogP contribution in [0.1, 0.15) is 23.6 Å². The molecule has 39 heavy (non-hydrogen) atoms. The summed E-state index contributed by atoms with van der Waals surface area (Å²) in [5.41, 5.74) is 3.40. The second-order valence-electron chi connectivity index (χ2n) is 8.79. The maximum absolute atomic E-state index is 12.9. The van der Waals surface area contributed by atoms with E-state index in [2.05, 4.69) is 5.32 Å². The van der Waals surface area contributed by atoms with Crippen molar-refractivity contribution in [1.29, 1.82) is 0 Å². The van der Waals surface area contributed by atoms with Crippen LogP contribution < -0.4 is 19.5 Å². The molecule has 0 aliphatic carbocycles. The van der Waals surface area contributed by atoms with Crippen molar-refractivity contribution in [2.75, 3.05) is 31.7 Å². The number of rotatable bonds is 11. The Morgan fingerprint density at radius 1 is 0.949 bits per heavy atom. The number of imide groups is 1. The van der Waals surface area contributed by atoms with Gasteiger partial charge in [0.15, 0.2) is 18.1 Å². The molecule has 1 heterocycles. The Balaban J connectivity index is 1.38. The molecule has 202 valence electrons. The number of benzene rings is 3. The van der Waals surface area contributed by atoms with Crippen molar-refractivity contribution in [2.24, 2.45) is 0 Å². The van der Waals surface area contributed by atoms with Crippen molar-refractivity contribution in [3.8, 4) is 17.2 Å². The van der Waals surface area contributed by atoms with Gasteiger partial charge in [-0.2, -0.15) is 0 Å². The molecule has 4 rings (SSSR count). The van der Waals surface area contributed by atoms with Gasteiger partial charge in [-0.3, -0.25) is 19.3 Å². The lowest BCUT2D eigenvalue weighted by Crippen LogP contribution is -2.32. The zero-order valence-corrected chi connectivity index (χ0v) is 22.9. The summed E-state index contributed by atoms with van der Waals surface area (Å²) in [5, 5.41) is 2.49. The van der Waals surface area contributed by atoms with Crippen LogP contribution in [0.25, 0.3) is 6.08 Å². The first-order valence-electron chi connectivity index (χ1n) is 12.5. The van der Waals surface area contributed by atoms with E-state index in [-0.39, 0.29) is 36.8 Å². The van der Waals surface area contributed by atoms with Gasteiger partial charge in [-0.05, 0) is 85.6 Å². The van der Waals surface area contributed by atoms with E-state index in [1.807, 2.05) is 69.3 Å². The van der Waals surface area contributed by atoms with E-state index in [1.54, 1.807) is 24.3 Å². The molecule has 1 saturated heterocycles. The Kier molecular flexibility index (Phi) is 9.27. The molecule has 0 saturated carbocycles. The molecular formula is C30H30N2O6S. The third-order valence-electron chi connectivity index (χ3n) is 5.79. The average Bonchev–Trinajstić information content (AvgIpc) is 3.17. The van der Waals surface area contributed by atoms with Crippen molar-refractivity contribution in [2.45, 2.75) is 20.8 Å². The summed E-state index contributed by atoms with van der Waals surface area (Å²) < 4.78 is 17.1. The molecule has 1 fully saturated rings. The first kappa shape index (κ1) is 27.8. The van der Waals surface area contributed by atoms with Crippen molar-refractivity contribution in [1.82, 2.24) is 4.90 Å². The Morgan fingerprint density at radius 2 is 1.77 bits per heavy atom. The van der Waals surface area contributed by atoms with Crippen LogP contribution in [0.5, 0.6) is 17.2 Å². The van der Waals surface area contributed by atoms with Crippen LogP contribution in [0.2, 0.25) is 0 Å². The van der Waals surface area contributed by atoms with Crippen LogP contribution in [-0.4, -0.2) is 48.3 Å². The van der Waals surface area contributed by atoms with E-state index in [9.17, 15) is 14.4 Å². The molecule has 9 heteroatoms. The maximum atomic E-state index is 12.9. The number of hydrogen-bond donors (Lipinski definition) is 1. The third-order valence-corrected chi connectivity index (χ3v) is 6.70. The van der Waals surface area contributed by atoms with E-state index in [0.717, 1.165) is 28.6 Å². The Bertz CT molecular complexity index is 1400. The van der Waals surface area contributed by atoms with Crippen LogP contribution in [0.15, 0.2) is 71.6 Å². The fourth-order valence-corrected chi connectivity index (χ4v) is 4.71. The number of nitrogens with zero attached hydrogens (tertiary/aromatic N) is 1. The van der Waals surface area contributed by atoms with Gasteiger partial charge < -0.3 is 19.5 Å². The van der Waals surface area contributed by atoms with Gasteiger partial charge in [0.1, 0.15) is 12.4 Å². The molecule has 3 amide bonds. The van der Waals surface area contributed by atoms with E-state index < -0.39 is 0 Å². The van der Waals surface area contributed by atoms with Crippen LogP contribution in [-0.2, 0) is 9.59 Å². The Hall–Kier alpha value is -4.24. The zero-order valence-electron chi connectivity index (χ0n) is 22.1. The van der Waals surface area contributed by atoms with Gasteiger partial charge in [-0.25, -0.2) is 0 Å². The summed E-state index contributed by atoms with van der Waals surface area (Å²) in [6.45, 7) is 6.25. The number of hydrogen-bond acceptors (Lipinski definition) is 7. The highest BCUT2D eigenvalue weighted by molar-refractivity contribution is 8.18. The lowest BCUT2D eigenvalue weighted by molar-refractivity contribution is -0.123. The molecule has 1 aliphatic rings. The molecule has 8 nitrogen and oxygen atoms in total. The predicted octanol–water partition coefficient (Wildman–Crippen LogP) is 5.83. The smallest absolute Gasteiger partial charge is 0.293 e. The molecule has 0 spiro atoms. The van der Waals surface area contributed by atoms with Gasteiger partial charge in [-0.1, -0.05) is 36.4 Å². The van der Waals surface area contributed by atoms with Gasteiger partial charge >= 0.3 is 0 Å². The highest BCUT2D eigenvalue weighted by Gasteiger charge is 2.34. The first-order chi connectivity index (χ1) is 18.8. The maximum Gasteiger partial charge on any atom is 0.293 e. The molecule has 0 radical (unpaired) electrons. The highest BCUT2D eigenvalue weighted by Crippen LogP contribution is 2.34. The van der Waals surface area contributed by atoms with Crippen molar-refractivity contribution < 1.29 is 28.6 Å². The fourth-order valence-electron chi connectivity index (χ4n) is 3.85. The number of anilines is 1. The van der Waals surface area contributed by atoms with Crippen molar-refractivity contribution in [3.63, 3.8) is 0 Å². The van der Waals surface area contributed by atoms with Crippen molar-refractivity contribution >= 4 is 40.6 Å². The van der Waals surface area contributed by atoms with Crippen molar-refractivity contribution in [3.05, 3.63) is 88.3 Å². The topological polar surface area (TPSA) is 94.2 Å². The molecule has 1 aliphatic heterocycles. The number of carbonyl (C=O) groups excluding carboxylic acids is 3. The monoisotopic (exact) mass is 546 g/mol. The summed E-state index contributed by atoms with van der Waals surface area (Å²) in [5.74, 6) is 0.854. The van der Waals surface area contributed by atoms with E-state index in [4.69, 9.17) is 14.2 Å². The van der Waals surface area contributed by atoms with E-state index in [1.165, 1.54) is 4.90 Å². The Labute approximate surface area is 231 Å². The first-order valence-corrected chi connectivity index (χ1v) is 13.4. The van der Waals surface area contributed by atoms with Crippen LogP contribution in [0.3, 0.4) is 0 Å². The minimum Gasteiger partial charge on any atom is -0.492 e. The number of thioether (sulfide) groups is 1. The van der Waals surface area contributed by atoms with Gasteiger partial charge in [0.2, 0.25) is 0 Å². The summed E-state index contributed by atoms with van der Waals surface area (Å²) in [6, 6.07) is 20.2. The number of ether oxygens (including phenoxy) is 3. The van der Waals surface area contributed by atoms with Gasteiger partial charge in [0.25, 0.3) is 17.1 Å². The molecule has 0 atom stereocenters. The van der Waals surface area contributed by atoms with Gasteiger partial charge in [-0.15, -0.1) is 0 Å². The molecule has 0 unspecified atom stereocenters. The van der Waals surface area contributed by atoms with Gasteiger partial charge in [0.05, 0.1) is 18.1 Å². The summed E-state index contributed by atoms with van der Waals surface area (Å²) in [7, 11) is 0. The molecule has 0 aromatic heterocycles. The highest BCUT2D eigenvalue weighted by atomic mass is 32.2. The van der Waals surface area contributed by atoms with Gasteiger partial charge in [0, 0.05) is 5.69 Å². The number of amides is 3. The lowest BCUT2D eigenvalue weighted by atomic mass is 10.2. The fraction of sp³-hybridized carbons (Fsp3) is 0.233. The largest absolute Gasteiger partial charge is 0.492 e. The molecule has 3 aromatic carbocycles. The normalized spacial score (nSPS) is 14.0. The number of para-hydroxylation sites is 1. The predicted molar refractivity (Wildman–Crippen MR) is 152 cm³/mol. The zero-order chi connectivity index (χ0) is 27.8. The summed E-state index contributed by atoms with van der Waals surface area (Å²) in [4.78, 5) is 39.3. The lowest BCUT2D eigenvalue weighted by Gasteiger charge is -2.14. The standard InChI is InChI=1S/C30H30N2O6S/c1-4-36-26-17-22(12-13-25(26)38-19-28(33)31-24-11-6-5-9-21(24)3)18-27-29(34)32(30(35)39-27)14-15-37-23-10-7-8-20(2)16-23/h5-13,16-18H,4,14-15,19H2,1-3H3,(H,31,33)/b27-18-. The SMILES string of the molecule is CCOc1cc(/C=C2\SC(=O)N(CCOc3cccc(C)c3)C2=O)ccc1OCC(=O)Nc1ccccc1C. The number of nitrogens with one attached hydrogen (secondary N) is 1. The number of carbonyl (C=O) groups is 3. The van der Waals surface area contributed by atoms with Crippen LogP contribution in [0.4, 0.5) is 10.5 Å². The molecular weight excluding hydrogens is 516 g/mol. The van der Waals surface area contributed by atoms with Crippen LogP contribution >= 0.6 is 11.8 Å².